The predicted octanol–water partition coefficient (Wildman–Crippen LogP) is 1.93. The smallest absolute Gasteiger partial charge is 0.356 e. The van der Waals surface area contributed by atoms with E-state index in [0.29, 0.717) is 12.3 Å². The van der Waals surface area contributed by atoms with Crippen LogP contribution in [0.3, 0.4) is 0 Å². The fourth-order valence-corrected chi connectivity index (χ4v) is 1.04. The van der Waals surface area contributed by atoms with Crippen LogP contribution in [0.15, 0.2) is 6.20 Å². The van der Waals surface area contributed by atoms with Gasteiger partial charge in [-0.05, 0) is 13.8 Å². The van der Waals surface area contributed by atoms with Gasteiger partial charge in [-0.1, -0.05) is 13.8 Å². The van der Waals surface area contributed by atoms with E-state index in [9.17, 15) is 4.79 Å². The van der Waals surface area contributed by atoms with Crippen LogP contribution in [-0.2, 0) is 11.8 Å². The molecule has 0 atom stereocenters. The maximum atomic E-state index is 11.3. The molecule has 0 saturated carbocycles. The zero-order valence-electron chi connectivity index (χ0n) is 9.50. The third-order valence-corrected chi connectivity index (χ3v) is 1.59. The van der Waals surface area contributed by atoms with Gasteiger partial charge < -0.3 is 4.74 Å². The number of rotatable bonds is 2. The molecule has 0 bridgehead atoms. The average molecular weight is 198 g/mol. The summed E-state index contributed by atoms with van der Waals surface area (Å²) in [6, 6.07) is 0. The van der Waals surface area contributed by atoms with Crippen molar-refractivity contribution in [3.05, 3.63) is 17.5 Å². The van der Waals surface area contributed by atoms with Gasteiger partial charge in [0.05, 0.1) is 12.8 Å². The molecule has 0 aliphatic rings. The standard InChI is InChI=1S/C8H12N2O2.C2H6/c1-4-12-8(11)7-6(2)5-9-10(7)3;1-2/h5H,4H2,1-3H3;1-2H3. The molecule has 1 aromatic heterocycles. The Morgan fingerprint density at radius 3 is 2.50 bits per heavy atom. The Labute approximate surface area is 84.9 Å². The van der Waals surface area contributed by atoms with E-state index < -0.39 is 0 Å². The number of nitrogens with zero attached hydrogens (tertiary/aromatic N) is 2. The van der Waals surface area contributed by atoms with Crippen molar-refractivity contribution in [1.29, 1.82) is 0 Å². The van der Waals surface area contributed by atoms with Gasteiger partial charge in [-0.25, -0.2) is 4.79 Å². The summed E-state index contributed by atoms with van der Waals surface area (Å²) in [4.78, 5) is 11.3. The van der Waals surface area contributed by atoms with Crippen molar-refractivity contribution in [2.45, 2.75) is 27.7 Å². The molecule has 14 heavy (non-hydrogen) atoms. The lowest BCUT2D eigenvalue weighted by Gasteiger charge is -2.02. The van der Waals surface area contributed by atoms with Gasteiger partial charge in [0.1, 0.15) is 5.69 Å². The zero-order chi connectivity index (χ0) is 11.1. The minimum Gasteiger partial charge on any atom is -0.461 e. The van der Waals surface area contributed by atoms with E-state index in [4.69, 9.17) is 4.74 Å². The van der Waals surface area contributed by atoms with Gasteiger partial charge in [0.15, 0.2) is 0 Å². The number of ether oxygens (including phenoxy) is 1. The van der Waals surface area contributed by atoms with Crippen LogP contribution >= 0.6 is 0 Å². The number of hydrogen-bond acceptors (Lipinski definition) is 3. The summed E-state index contributed by atoms with van der Waals surface area (Å²) >= 11 is 0. The summed E-state index contributed by atoms with van der Waals surface area (Å²) in [5.41, 5.74) is 1.37. The summed E-state index contributed by atoms with van der Waals surface area (Å²) in [5.74, 6) is -0.310. The predicted molar refractivity (Wildman–Crippen MR) is 55.2 cm³/mol. The fraction of sp³-hybridized carbons (Fsp3) is 0.600. The van der Waals surface area contributed by atoms with Crippen molar-refractivity contribution in [2.75, 3.05) is 6.61 Å². The van der Waals surface area contributed by atoms with E-state index in [-0.39, 0.29) is 5.97 Å². The van der Waals surface area contributed by atoms with Gasteiger partial charge in [0.2, 0.25) is 0 Å². The lowest BCUT2D eigenvalue weighted by atomic mass is 10.3. The highest BCUT2D eigenvalue weighted by Crippen LogP contribution is 2.06. The second kappa shape index (κ2) is 6.18. The van der Waals surface area contributed by atoms with Gasteiger partial charge in [0.25, 0.3) is 0 Å². The number of esters is 1. The van der Waals surface area contributed by atoms with Crippen LogP contribution in [-0.4, -0.2) is 22.4 Å². The molecule has 0 spiro atoms. The molecular formula is C10H18N2O2. The molecule has 0 aliphatic carbocycles. The van der Waals surface area contributed by atoms with Gasteiger partial charge in [0, 0.05) is 12.6 Å². The van der Waals surface area contributed by atoms with Gasteiger partial charge in [-0.2, -0.15) is 5.10 Å². The van der Waals surface area contributed by atoms with Crippen LogP contribution in [0.5, 0.6) is 0 Å². The molecule has 1 heterocycles. The fourth-order valence-electron chi connectivity index (χ4n) is 1.04. The Morgan fingerprint density at radius 2 is 2.14 bits per heavy atom. The Hall–Kier alpha value is -1.32. The number of aromatic nitrogens is 2. The van der Waals surface area contributed by atoms with Crippen molar-refractivity contribution in [2.24, 2.45) is 7.05 Å². The van der Waals surface area contributed by atoms with Crippen molar-refractivity contribution in [3.63, 3.8) is 0 Å². The van der Waals surface area contributed by atoms with Crippen LogP contribution in [0.25, 0.3) is 0 Å². The summed E-state index contributed by atoms with van der Waals surface area (Å²) in [7, 11) is 1.72. The maximum Gasteiger partial charge on any atom is 0.356 e. The molecule has 0 saturated heterocycles. The minimum atomic E-state index is -0.310. The van der Waals surface area contributed by atoms with E-state index in [1.165, 1.54) is 4.68 Å². The first-order valence-electron chi connectivity index (χ1n) is 4.82. The Bertz CT molecular complexity index is 273. The first-order valence-corrected chi connectivity index (χ1v) is 4.82. The third-order valence-electron chi connectivity index (χ3n) is 1.59. The van der Waals surface area contributed by atoms with Crippen molar-refractivity contribution < 1.29 is 9.53 Å². The molecule has 0 radical (unpaired) electrons. The Kier molecular flexibility index (Phi) is 5.60. The second-order valence-electron chi connectivity index (χ2n) is 2.52. The molecule has 80 valence electrons. The summed E-state index contributed by atoms with van der Waals surface area (Å²) in [5, 5.41) is 3.94. The largest absolute Gasteiger partial charge is 0.461 e. The molecule has 0 amide bonds. The van der Waals surface area contributed by atoms with Crippen LogP contribution in [0.1, 0.15) is 36.8 Å². The molecule has 4 heteroatoms. The molecule has 0 N–H and O–H groups in total. The molecule has 0 aliphatic heterocycles. The zero-order valence-corrected chi connectivity index (χ0v) is 9.50. The quantitative estimate of drug-likeness (QED) is 0.682. The van der Waals surface area contributed by atoms with E-state index in [2.05, 4.69) is 5.10 Å². The maximum absolute atomic E-state index is 11.3. The number of carbonyl (C=O) groups is 1. The van der Waals surface area contributed by atoms with Crippen molar-refractivity contribution in [3.8, 4) is 0 Å². The van der Waals surface area contributed by atoms with E-state index >= 15 is 0 Å². The highest BCUT2D eigenvalue weighted by atomic mass is 16.5. The molecule has 1 aromatic rings. The SMILES string of the molecule is CC.CCOC(=O)c1c(C)cnn1C. The molecule has 0 fully saturated rings. The monoisotopic (exact) mass is 198 g/mol. The van der Waals surface area contributed by atoms with Crippen LogP contribution < -0.4 is 0 Å². The van der Waals surface area contributed by atoms with Gasteiger partial charge in [-0.3, -0.25) is 4.68 Å². The lowest BCUT2D eigenvalue weighted by molar-refractivity contribution is 0.0513. The van der Waals surface area contributed by atoms with E-state index in [0.717, 1.165) is 5.56 Å². The minimum absolute atomic E-state index is 0.310. The highest BCUT2D eigenvalue weighted by molar-refractivity contribution is 5.88. The molecule has 0 unspecified atom stereocenters. The van der Waals surface area contributed by atoms with Crippen molar-refractivity contribution in [1.82, 2.24) is 9.78 Å². The summed E-state index contributed by atoms with van der Waals surface area (Å²) < 4.78 is 6.37. The van der Waals surface area contributed by atoms with Crippen LogP contribution in [0.4, 0.5) is 0 Å². The first kappa shape index (κ1) is 12.7. The highest BCUT2D eigenvalue weighted by Gasteiger charge is 2.14. The van der Waals surface area contributed by atoms with Gasteiger partial charge in [-0.15, -0.1) is 0 Å². The Morgan fingerprint density at radius 1 is 1.57 bits per heavy atom. The molecule has 4 nitrogen and oxygen atoms in total. The normalized spacial score (nSPS) is 8.93. The van der Waals surface area contributed by atoms with E-state index in [1.54, 1.807) is 20.2 Å². The molecule has 0 aromatic carbocycles. The Balaban J connectivity index is 0.000000791. The lowest BCUT2D eigenvalue weighted by Crippen LogP contribution is -2.11. The van der Waals surface area contributed by atoms with E-state index in [1.807, 2.05) is 20.8 Å². The van der Waals surface area contributed by atoms with Crippen LogP contribution in [0, 0.1) is 6.92 Å². The number of carbonyl (C=O) groups excluding carboxylic acids is 1. The molecular weight excluding hydrogens is 180 g/mol. The van der Waals surface area contributed by atoms with Crippen LogP contribution in [0.2, 0.25) is 0 Å². The topological polar surface area (TPSA) is 44.1 Å². The summed E-state index contributed by atoms with van der Waals surface area (Å²) in [6.07, 6.45) is 1.65. The number of aryl methyl sites for hydroxylation is 2. The summed E-state index contributed by atoms with van der Waals surface area (Å²) in [6.45, 7) is 8.01. The van der Waals surface area contributed by atoms with Crippen molar-refractivity contribution >= 4 is 5.97 Å². The first-order chi connectivity index (χ1) is 6.66. The van der Waals surface area contributed by atoms with Gasteiger partial charge >= 0.3 is 5.97 Å². The third kappa shape index (κ3) is 2.87. The number of hydrogen-bond donors (Lipinski definition) is 0. The average Bonchev–Trinajstić information content (AvgIpc) is 2.50. The molecule has 1 rings (SSSR count). The second-order valence-corrected chi connectivity index (χ2v) is 2.52.